The summed E-state index contributed by atoms with van der Waals surface area (Å²) >= 11 is 0. The van der Waals surface area contributed by atoms with Gasteiger partial charge in [0, 0.05) is 22.7 Å². The second-order valence-corrected chi connectivity index (χ2v) is 7.78. The maximum absolute atomic E-state index is 12.7. The quantitative estimate of drug-likeness (QED) is 0.663. The third kappa shape index (κ3) is 3.66. The van der Waals surface area contributed by atoms with E-state index in [4.69, 9.17) is 24.1 Å². The summed E-state index contributed by atoms with van der Waals surface area (Å²) in [6, 6.07) is 10.3. The summed E-state index contributed by atoms with van der Waals surface area (Å²) in [5.41, 5.74) is 1.89. The van der Waals surface area contributed by atoms with E-state index in [1.54, 1.807) is 30.3 Å². The van der Waals surface area contributed by atoms with Crippen molar-refractivity contribution in [3.05, 3.63) is 47.5 Å². The standard InChI is InChI=1S/C22H21NO8/c24-9-19-21-15(7-13(30-19)8-20(25)26)14-6-12(2-4-16(14)31-21)23-22(27)11-1-3-17-18(5-11)29-10-28-17/h1-6,13,15,19,21,24H,7-10H2,(H,23,27)(H,25,26)/t13-,15-,19+,21+/m1/s1. The molecule has 3 N–H and O–H groups in total. The Balaban J connectivity index is 1.36. The van der Waals surface area contributed by atoms with Gasteiger partial charge >= 0.3 is 5.97 Å². The Kier molecular flexibility index (Phi) is 4.91. The van der Waals surface area contributed by atoms with Gasteiger partial charge in [0.1, 0.15) is 18.0 Å². The third-order valence-electron chi connectivity index (χ3n) is 5.79. The van der Waals surface area contributed by atoms with Crippen molar-refractivity contribution in [2.45, 2.75) is 37.1 Å². The molecule has 4 atom stereocenters. The lowest BCUT2D eigenvalue weighted by Gasteiger charge is -2.36. The van der Waals surface area contributed by atoms with E-state index in [9.17, 15) is 14.7 Å². The first-order chi connectivity index (χ1) is 15.0. The van der Waals surface area contributed by atoms with E-state index in [1.165, 1.54) is 0 Å². The Bertz CT molecular complexity index is 1040. The number of benzene rings is 2. The number of hydrogen-bond acceptors (Lipinski definition) is 7. The van der Waals surface area contributed by atoms with Crippen LogP contribution in [0.25, 0.3) is 0 Å². The zero-order valence-corrected chi connectivity index (χ0v) is 16.4. The summed E-state index contributed by atoms with van der Waals surface area (Å²) in [5, 5.41) is 21.7. The minimum atomic E-state index is -0.955. The first-order valence-corrected chi connectivity index (χ1v) is 10.0. The van der Waals surface area contributed by atoms with Gasteiger partial charge in [-0.3, -0.25) is 9.59 Å². The highest BCUT2D eigenvalue weighted by molar-refractivity contribution is 6.04. The van der Waals surface area contributed by atoms with E-state index < -0.39 is 24.3 Å². The number of carboxylic acids is 1. The van der Waals surface area contributed by atoms with Crippen LogP contribution in [0.1, 0.15) is 34.7 Å². The summed E-state index contributed by atoms with van der Waals surface area (Å²) in [5.74, 6) is 0.397. The van der Waals surface area contributed by atoms with Crippen LogP contribution in [-0.2, 0) is 9.53 Å². The van der Waals surface area contributed by atoms with Crippen LogP contribution in [0.5, 0.6) is 17.2 Å². The molecule has 1 fully saturated rings. The lowest BCUT2D eigenvalue weighted by atomic mass is 9.84. The average molecular weight is 427 g/mol. The van der Waals surface area contributed by atoms with Crippen molar-refractivity contribution in [2.75, 3.05) is 18.7 Å². The van der Waals surface area contributed by atoms with E-state index in [0.29, 0.717) is 34.9 Å². The molecule has 2 aromatic rings. The van der Waals surface area contributed by atoms with Gasteiger partial charge in [-0.15, -0.1) is 0 Å². The number of amides is 1. The van der Waals surface area contributed by atoms with Crippen LogP contribution in [0, 0.1) is 0 Å². The monoisotopic (exact) mass is 427 g/mol. The van der Waals surface area contributed by atoms with Crippen molar-refractivity contribution < 1.29 is 38.7 Å². The van der Waals surface area contributed by atoms with Gasteiger partial charge in [-0.05, 0) is 42.8 Å². The van der Waals surface area contributed by atoms with Crippen molar-refractivity contribution in [3.63, 3.8) is 0 Å². The van der Waals surface area contributed by atoms with Gasteiger partial charge in [0.15, 0.2) is 11.5 Å². The van der Waals surface area contributed by atoms with Crippen molar-refractivity contribution in [1.82, 2.24) is 0 Å². The van der Waals surface area contributed by atoms with Crippen molar-refractivity contribution in [3.8, 4) is 17.2 Å². The summed E-state index contributed by atoms with van der Waals surface area (Å²) in [4.78, 5) is 23.9. The predicted molar refractivity (Wildman–Crippen MR) is 107 cm³/mol. The Morgan fingerprint density at radius 3 is 2.68 bits per heavy atom. The van der Waals surface area contributed by atoms with Crippen molar-refractivity contribution >= 4 is 17.6 Å². The molecule has 3 heterocycles. The van der Waals surface area contributed by atoms with Gasteiger partial charge in [-0.2, -0.15) is 0 Å². The number of aliphatic hydroxyl groups is 1. The zero-order valence-electron chi connectivity index (χ0n) is 16.4. The molecule has 0 aliphatic carbocycles. The van der Waals surface area contributed by atoms with E-state index in [-0.39, 0.29) is 31.6 Å². The van der Waals surface area contributed by atoms with E-state index in [0.717, 1.165) is 5.56 Å². The number of nitrogens with one attached hydrogen (secondary N) is 1. The molecule has 0 radical (unpaired) electrons. The molecule has 2 aromatic carbocycles. The summed E-state index contributed by atoms with van der Waals surface area (Å²) < 4.78 is 22.3. The Morgan fingerprint density at radius 2 is 1.87 bits per heavy atom. The van der Waals surface area contributed by atoms with Crippen LogP contribution < -0.4 is 19.5 Å². The number of carboxylic acid groups (broad SMARTS) is 1. The number of carbonyl (C=O) groups is 2. The van der Waals surface area contributed by atoms with E-state index >= 15 is 0 Å². The van der Waals surface area contributed by atoms with Crippen molar-refractivity contribution in [1.29, 1.82) is 0 Å². The molecule has 3 aliphatic rings. The second kappa shape index (κ2) is 7.75. The molecule has 9 heteroatoms. The smallest absolute Gasteiger partial charge is 0.305 e. The Morgan fingerprint density at radius 1 is 1.06 bits per heavy atom. The van der Waals surface area contributed by atoms with Gasteiger partial charge < -0.3 is 34.5 Å². The van der Waals surface area contributed by atoms with Gasteiger partial charge in [-0.1, -0.05) is 0 Å². The molecule has 1 amide bonds. The summed E-state index contributed by atoms with van der Waals surface area (Å²) in [6.45, 7) is -0.131. The van der Waals surface area contributed by atoms with Crippen LogP contribution in [0.4, 0.5) is 5.69 Å². The number of ether oxygens (including phenoxy) is 4. The fraction of sp³-hybridized carbons (Fsp3) is 0.364. The van der Waals surface area contributed by atoms with Crippen LogP contribution in [-0.4, -0.2) is 53.8 Å². The highest BCUT2D eigenvalue weighted by Crippen LogP contribution is 2.47. The molecular weight excluding hydrogens is 406 g/mol. The molecule has 31 heavy (non-hydrogen) atoms. The highest BCUT2D eigenvalue weighted by Gasteiger charge is 2.46. The van der Waals surface area contributed by atoms with Crippen LogP contribution >= 0.6 is 0 Å². The van der Waals surface area contributed by atoms with E-state index in [2.05, 4.69) is 5.32 Å². The normalized spacial score (nSPS) is 25.3. The van der Waals surface area contributed by atoms with Crippen LogP contribution in [0.2, 0.25) is 0 Å². The van der Waals surface area contributed by atoms with Crippen LogP contribution in [0.15, 0.2) is 36.4 Å². The molecule has 1 saturated heterocycles. The molecule has 0 saturated carbocycles. The minimum absolute atomic E-state index is 0.132. The topological polar surface area (TPSA) is 124 Å². The van der Waals surface area contributed by atoms with Crippen molar-refractivity contribution in [2.24, 2.45) is 0 Å². The number of rotatable bonds is 5. The average Bonchev–Trinajstić information content (AvgIpc) is 3.36. The lowest BCUT2D eigenvalue weighted by molar-refractivity contribution is -0.153. The lowest BCUT2D eigenvalue weighted by Crippen LogP contribution is -2.46. The third-order valence-corrected chi connectivity index (χ3v) is 5.79. The predicted octanol–water partition coefficient (Wildman–Crippen LogP) is 2.14. The summed E-state index contributed by atoms with van der Waals surface area (Å²) in [6.07, 6.45) is -1.21. The maximum Gasteiger partial charge on any atom is 0.305 e. The van der Waals surface area contributed by atoms with Gasteiger partial charge in [0.25, 0.3) is 5.91 Å². The zero-order chi connectivity index (χ0) is 21.5. The number of fused-ring (bicyclic) bond motifs is 4. The molecule has 5 rings (SSSR count). The SMILES string of the molecule is O=C(O)C[C@H]1C[C@@H]2c3cc(NC(=O)c4ccc5c(c4)OCO5)ccc3O[C@@H]2[C@H](CO)O1. The molecule has 0 spiro atoms. The number of aliphatic carboxylic acids is 1. The summed E-state index contributed by atoms with van der Waals surface area (Å²) in [7, 11) is 0. The molecule has 9 nitrogen and oxygen atoms in total. The van der Waals surface area contributed by atoms with Gasteiger partial charge in [0.2, 0.25) is 6.79 Å². The first-order valence-electron chi connectivity index (χ1n) is 10.0. The molecule has 162 valence electrons. The molecule has 0 unspecified atom stereocenters. The largest absolute Gasteiger partial charge is 0.487 e. The first kappa shape index (κ1) is 19.7. The van der Waals surface area contributed by atoms with Gasteiger partial charge in [0.05, 0.1) is 19.1 Å². The number of carbonyl (C=O) groups excluding carboxylic acids is 1. The Hall–Kier alpha value is -3.30. The fourth-order valence-corrected chi connectivity index (χ4v) is 4.40. The van der Waals surface area contributed by atoms with E-state index in [1.807, 2.05) is 6.07 Å². The number of anilines is 1. The fourth-order valence-electron chi connectivity index (χ4n) is 4.40. The maximum atomic E-state index is 12.7. The molecular formula is C22H21NO8. The second-order valence-electron chi connectivity index (χ2n) is 7.78. The molecule has 3 aliphatic heterocycles. The number of hydrogen-bond donors (Lipinski definition) is 3. The minimum Gasteiger partial charge on any atom is -0.487 e. The van der Waals surface area contributed by atoms with Gasteiger partial charge in [-0.25, -0.2) is 0 Å². The Labute approximate surface area is 177 Å². The highest BCUT2D eigenvalue weighted by atomic mass is 16.7. The number of aliphatic hydroxyl groups excluding tert-OH is 1. The molecule has 0 bridgehead atoms. The molecule has 0 aromatic heterocycles. The van der Waals surface area contributed by atoms with Crippen LogP contribution in [0.3, 0.4) is 0 Å².